The number of thiophene rings is 1. The average Bonchev–Trinajstić information content (AvgIpc) is 3.42. The van der Waals surface area contributed by atoms with E-state index in [0.717, 1.165) is 0 Å². The van der Waals surface area contributed by atoms with E-state index in [1.165, 1.54) is 18.4 Å². The maximum atomic E-state index is 13.0. The van der Waals surface area contributed by atoms with Crippen molar-refractivity contribution in [2.75, 3.05) is 12.4 Å². The second kappa shape index (κ2) is 7.65. The van der Waals surface area contributed by atoms with Crippen molar-refractivity contribution < 1.29 is 24.2 Å². The number of hydrogen-bond acceptors (Lipinski definition) is 5. The van der Waals surface area contributed by atoms with Crippen LogP contribution in [0.4, 0.5) is 5.00 Å². The fourth-order valence-corrected chi connectivity index (χ4v) is 5.53. The fourth-order valence-electron chi connectivity index (χ4n) is 4.34. The van der Waals surface area contributed by atoms with Crippen molar-refractivity contribution in [3.63, 3.8) is 0 Å². The summed E-state index contributed by atoms with van der Waals surface area (Å²) in [5, 5.41) is 14.9. The highest BCUT2D eigenvalue weighted by Crippen LogP contribution is 2.49. The van der Waals surface area contributed by atoms with Crippen LogP contribution in [-0.2, 0) is 14.3 Å². The third kappa shape index (κ3) is 3.34. The molecule has 0 saturated heterocycles. The highest BCUT2D eigenvalue weighted by molar-refractivity contribution is 7.15. The van der Waals surface area contributed by atoms with Crippen LogP contribution in [0.15, 0.2) is 41.8 Å². The summed E-state index contributed by atoms with van der Waals surface area (Å²) in [5.41, 5.74) is 1.42. The third-order valence-electron chi connectivity index (χ3n) is 5.63. The number of fused-ring (bicyclic) bond motifs is 2. The van der Waals surface area contributed by atoms with E-state index in [1.807, 2.05) is 12.2 Å². The molecule has 0 spiro atoms. The molecule has 29 heavy (non-hydrogen) atoms. The predicted octanol–water partition coefficient (Wildman–Crippen LogP) is 4.32. The SMILES string of the molecule is COC(=O)c1c(-c2ccccc2Cl)csc1NC(=O)[C@@H]1[C@H](C(=O)O)[C@H]2C=C[C@H]1C2. The maximum Gasteiger partial charge on any atom is 0.341 e. The molecule has 1 amide bonds. The summed E-state index contributed by atoms with van der Waals surface area (Å²) >= 11 is 7.47. The summed E-state index contributed by atoms with van der Waals surface area (Å²) in [4.78, 5) is 37.2. The monoisotopic (exact) mass is 431 g/mol. The largest absolute Gasteiger partial charge is 0.481 e. The summed E-state index contributed by atoms with van der Waals surface area (Å²) in [6.07, 6.45) is 4.46. The van der Waals surface area contributed by atoms with Gasteiger partial charge in [0.2, 0.25) is 5.91 Å². The number of rotatable bonds is 5. The number of amides is 1. The Morgan fingerprint density at radius 1 is 1.14 bits per heavy atom. The van der Waals surface area contributed by atoms with Gasteiger partial charge in [-0.2, -0.15) is 0 Å². The molecule has 6 nitrogen and oxygen atoms in total. The van der Waals surface area contributed by atoms with E-state index >= 15 is 0 Å². The first kappa shape index (κ1) is 19.7. The molecule has 0 aliphatic heterocycles. The number of hydrogen-bond donors (Lipinski definition) is 2. The zero-order chi connectivity index (χ0) is 20.7. The Bertz CT molecular complexity index is 1030. The first-order valence-electron chi connectivity index (χ1n) is 9.09. The highest BCUT2D eigenvalue weighted by Gasteiger charge is 2.51. The standard InChI is InChI=1S/C21H18ClNO5S/c1-28-21(27)17-13(12-4-2-3-5-14(12)22)9-29-19(17)23-18(24)15-10-6-7-11(8-10)16(15)20(25)26/h2-7,9-11,15-16H,8H2,1H3,(H,23,24)(H,25,26)/t10-,11-,15-,16+/m0/s1. The molecule has 150 valence electrons. The molecule has 2 aromatic rings. The number of methoxy groups -OCH3 is 1. The van der Waals surface area contributed by atoms with Crippen molar-refractivity contribution >= 4 is 45.8 Å². The molecule has 4 rings (SSSR count). The van der Waals surface area contributed by atoms with Crippen molar-refractivity contribution in [2.45, 2.75) is 6.42 Å². The van der Waals surface area contributed by atoms with Gasteiger partial charge in [-0.25, -0.2) is 4.79 Å². The zero-order valence-electron chi connectivity index (χ0n) is 15.4. The molecule has 1 heterocycles. The molecule has 2 N–H and O–H groups in total. The van der Waals surface area contributed by atoms with Gasteiger partial charge in [0.05, 0.1) is 18.9 Å². The van der Waals surface area contributed by atoms with Gasteiger partial charge in [0.1, 0.15) is 10.6 Å². The summed E-state index contributed by atoms with van der Waals surface area (Å²) < 4.78 is 4.92. The second-order valence-electron chi connectivity index (χ2n) is 7.15. The minimum atomic E-state index is -0.974. The van der Waals surface area contributed by atoms with Crippen LogP contribution in [0, 0.1) is 23.7 Å². The van der Waals surface area contributed by atoms with Crippen molar-refractivity contribution in [2.24, 2.45) is 23.7 Å². The first-order chi connectivity index (χ1) is 13.9. The molecule has 2 aliphatic rings. The Kier molecular flexibility index (Phi) is 5.19. The van der Waals surface area contributed by atoms with Gasteiger partial charge in [0.25, 0.3) is 0 Å². The number of anilines is 1. The summed E-state index contributed by atoms with van der Waals surface area (Å²) in [5.74, 6) is -3.63. The molecular formula is C21H18ClNO5S. The molecule has 1 fully saturated rings. The van der Waals surface area contributed by atoms with Crippen LogP contribution in [0.5, 0.6) is 0 Å². The Hall–Kier alpha value is -2.64. The summed E-state index contributed by atoms with van der Waals surface area (Å²) in [6.45, 7) is 0. The molecule has 2 bridgehead atoms. The van der Waals surface area contributed by atoms with Crippen molar-refractivity contribution in [3.8, 4) is 11.1 Å². The zero-order valence-corrected chi connectivity index (χ0v) is 17.0. The van der Waals surface area contributed by atoms with Gasteiger partial charge in [-0.05, 0) is 24.3 Å². The molecular weight excluding hydrogens is 414 g/mol. The Morgan fingerprint density at radius 3 is 2.48 bits per heavy atom. The van der Waals surface area contributed by atoms with Crippen LogP contribution in [0.2, 0.25) is 5.02 Å². The van der Waals surface area contributed by atoms with Gasteiger partial charge >= 0.3 is 11.9 Å². The molecule has 8 heteroatoms. The lowest BCUT2D eigenvalue weighted by molar-refractivity contribution is -0.146. The van der Waals surface area contributed by atoms with Gasteiger partial charge in [0.15, 0.2) is 0 Å². The van der Waals surface area contributed by atoms with Gasteiger partial charge < -0.3 is 15.2 Å². The number of ether oxygens (including phenoxy) is 1. The minimum absolute atomic E-state index is 0.106. The van der Waals surface area contributed by atoms with E-state index in [4.69, 9.17) is 16.3 Å². The molecule has 4 atom stereocenters. The smallest absolute Gasteiger partial charge is 0.341 e. The number of benzene rings is 1. The Morgan fingerprint density at radius 2 is 1.83 bits per heavy atom. The van der Waals surface area contributed by atoms with E-state index in [1.54, 1.807) is 29.6 Å². The average molecular weight is 432 g/mol. The fraction of sp³-hybridized carbons (Fsp3) is 0.286. The quantitative estimate of drug-likeness (QED) is 0.543. The number of esters is 1. The highest BCUT2D eigenvalue weighted by atomic mass is 35.5. The number of carboxylic acid groups (broad SMARTS) is 1. The van der Waals surface area contributed by atoms with E-state index in [9.17, 15) is 19.5 Å². The molecule has 1 aromatic carbocycles. The van der Waals surface area contributed by atoms with E-state index < -0.39 is 29.7 Å². The lowest BCUT2D eigenvalue weighted by atomic mass is 9.82. The molecule has 2 aliphatic carbocycles. The van der Waals surface area contributed by atoms with Gasteiger partial charge in [-0.1, -0.05) is 42.0 Å². The number of carbonyl (C=O) groups is 3. The lowest BCUT2D eigenvalue weighted by Gasteiger charge is -2.23. The molecule has 0 unspecified atom stereocenters. The van der Waals surface area contributed by atoms with Gasteiger partial charge in [-0.15, -0.1) is 11.3 Å². The maximum absolute atomic E-state index is 13.0. The Labute approximate surface area is 176 Å². The third-order valence-corrected chi connectivity index (χ3v) is 6.85. The number of carbonyl (C=O) groups excluding carboxylic acids is 2. The first-order valence-corrected chi connectivity index (χ1v) is 10.3. The van der Waals surface area contributed by atoms with Crippen molar-refractivity contribution in [1.29, 1.82) is 0 Å². The number of nitrogens with one attached hydrogen (secondary N) is 1. The van der Waals surface area contributed by atoms with E-state index in [2.05, 4.69) is 5.32 Å². The normalized spacial score (nSPS) is 24.5. The van der Waals surface area contributed by atoms with E-state index in [0.29, 0.717) is 27.6 Å². The van der Waals surface area contributed by atoms with E-state index in [-0.39, 0.29) is 17.4 Å². The molecule has 1 saturated carbocycles. The Balaban J connectivity index is 1.68. The number of allylic oxidation sites excluding steroid dienone is 2. The van der Waals surface area contributed by atoms with Crippen LogP contribution in [0.25, 0.3) is 11.1 Å². The van der Waals surface area contributed by atoms with Crippen LogP contribution in [0.3, 0.4) is 0 Å². The molecule has 0 radical (unpaired) electrons. The second-order valence-corrected chi connectivity index (χ2v) is 8.44. The number of carboxylic acids is 1. The summed E-state index contributed by atoms with van der Waals surface area (Å²) in [7, 11) is 1.27. The minimum Gasteiger partial charge on any atom is -0.481 e. The van der Waals surface area contributed by atoms with Crippen LogP contribution in [0.1, 0.15) is 16.8 Å². The van der Waals surface area contributed by atoms with Crippen LogP contribution in [-0.4, -0.2) is 30.1 Å². The van der Waals surface area contributed by atoms with Crippen molar-refractivity contribution in [1.82, 2.24) is 0 Å². The topological polar surface area (TPSA) is 92.7 Å². The van der Waals surface area contributed by atoms with Gasteiger partial charge in [-0.3, -0.25) is 9.59 Å². The van der Waals surface area contributed by atoms with Crippen LogP contribution < -0.4 is 5.32 Å². The lowest BCUT2D eigenvalue weighted by Crippen LogP contribution is -2.36. The number of halogens is 1. The predicted molar refractivity (Wildman–Crippen MR) is 110 cm³/mol. The van der Waals surface area contributed by atoms with Crippen LogP contribution >= 0.6 is 22.9 Å². The number of aliphatic carboxylic acids is 1. The van der Waals surface area contributed by atoms with Crippen molar-refractivity contribution in [3.05, 3.63) is 52.4 Å². The molecule has 1 aromatic heterocycles. The summed E-state index contributed by atoms with van der Waals surface area (Å²) in [6, 6.07) is 7.08. The van der Waals surface area contributed by atoms with Gasteiger partial charge in [0, 0.05) is 21.5 Å².